The van der Waals surface area contributed by atoms with E-state index in [4.69, 9.17) is 0 Å². The smallest absolute Gasteiger partial charge is 0.00641 e. The van der Waals surface area contributed by atoms with E-state index >= 15 is 0 Å². The second-order valence-corrected chi connectivity index (χ2v) is 4.88. The third-order valence-electron chi connectivity index (χ3n) is 3.71. The standard InChI is InChI=1S/C16H16/c1-11-7-15-9-13-5-3-4-6-14(13)10-16(15)8-12(11)2/h3-6,9-10H,7-8H2,1-2H3. The van der Waals surface area contributed by atoms with Crippen LogP contribution in [0.4, 0.5) is 0 Å². The minimum atomic E-state index is 1.13. The summed E-state index contributed by atoms with van der Waals surface area (Å²) in [6.07, 6.45) is 2.26. The molecule has 80 valence electrons. The van der Waals surface area contributed by atoms with Crippen LogP contribution in [0.25, 0.3) is 10.8 Å². The van der Waals surface area contributed by atoms with Crippen LogP contribution in [-0.4, -0.2) is 0 Å². The molecule has 0 heteroatoms. The second-order valence-electron chi connectivity index (χ2n) is 4.88. The molecule has 0 heterocycles. The lowest BCUT2D eigenvalue weighted by Gasteiger charge is -2.19. The summed E-state index contributed by atoms with van der Waals surface area (Å²) < 4.78 is 0. The van der Waals surface area contributed by atoms with Gasteiger partial charge in [0.15, 0.2) is 0 Å². The molecule has 0 unspecified atom stereocenters. The predicted molar refractivity (Wildman–Crippen MR) is 69.7 cm³/mol. The fourth-order valence-corrected chi connectivity index (χ4v) is 2.54. The monoisotopic (exact) mass is 208 g/mol. The molecule has 1 aliphatic carbocycles. The van der Waals surface area contributed by atoms with E-state index in [1.54, 1.807) is 11.1 Å². The van der Waals surface area contributed by atoms with Crippen LogP contribution < -0.4 is 0 Å². The average molecular weight is 208 g/mol. The minimum Gasteiger partial charge on any atom is -0.0697 e. The molecule has 0 nitrogen and oxygen atoms in total. The summed E-state index contributed by atoms with van der Waals surface area (Å²) in [5.74, 6) is 0. The van der Waals surface area contributed by atoms with E-state index in [0.29, 0.717) is 0 Å². The molecule has 0 spiro atoms. The Balaban J connectivity index is 2.21. The summed E-state index contributed by atoms with van der Waals surface area (Å²) in [6.45, 7) is 4.51. The Kier molecular flexibility index (Phi) is 2.10. The van der Waals surface area contributed by atoms with Crippen LogP contribution in [0.3, 0.4) is 0 Å². The van der Waals surface area contributed by atoms with Gasteiger partial charge in [0.1, 0.15) is 0 Å². The van der Waals surface area contributed by atoms with Crippen LogP contribution in [0.2, 0.25) is 0 Å². The Morgan fingerprint density at radius 2 is 1.19 bits per heavy atom. The topological polar surface area (TPSA) is 0 Å². The van der Waals surface area contributed by atoms with Crippen molar-refractivity contribution in [2.24, 2.45) is 0 Å². The summed E-state index contributed by atoms with van der Waals surface area (Å²) in [5.41, 5.74) is 6.12. The van der Waals surface area contributed by atoms with Gasteiger partial charge in [0.25, 0.3) is 0 Å². The Morgan fingerprint density at radius 1 is 0.750 bits per heavy atom. The Bertz CT molecular complexity index is 536. The van der Waals surface area contributed by atoms with Gasteiger partial charge in [-0.2, -0.15) is 0 Å². The maximum atomic E-state index is 2.36. The molecule has 2 aromatic rings. The van der Waals surface area contributed by atoms with E-state index in [1.165, 1.54) is 21.9 Å². The molecule has 0 bridgehead atoms. The molecule has 0 N–H and O–H groups in total. The lowest BCUT2D eigenvalue weighted by molar-refractivity contribution is 0.956. The maximum Gasteiger partial charge on any atom is -0.00641 e. The van der Waals surface area contributed by atoms with Crippen LogP contribution in [0.5, 0.6) is 0 Å². The summed E-state index contributed by atoms with van der Waals surface area (Å²) in [4.78, 5) is 0. The van der Waals surface area contributed by atoms with E-state index in [2.05, 4.69) is 50.2 Å². The van der Waals surface area contributed by atoms with Gasteiger partial charge in [0.05, 0.1) is 0 Å². The van der Waals surface area contributed by atoms with Gasteiger partial charge in [-0.25, -0.2) is 0 Å². The van der Waals surface area contributed by atoms with Crippen molar-refractivity contribution in [2.75, 3.05) is 0 Å². The van der Waals surface area contributed by atoms with Gasteiger partial charge < -0.3 is 0 Å². The fraction of sp³-hybridized carbons (Fsp3) is 0.250. The van der Waals surface area contributed by atoms with Gasteiger partial charge in [-0.3, -0.25) is 0 Å². The third kappa shape index (κ3) is 1.46. The van der Waals surface area contributed by atoms with Gasteiger partial charge in [0, 0.05) is 0 Å². The fourth-order valence-electron chi connectivity index (χ4n) is 2.54. The highest BCUT2D eigenvalue weighted by Gasteiger charge is 2.13. The number of fused-ring (bicyclic) bond motifs is 2. The molecule has 3 rings (SSSR count). The van der Waals surface area contributed by atoms with Gasteiger partial charge in [-0.15, -0.1) is 0 Å². The van der Waals surface area contributed by atoms with E-state index < -0.39 is 0 Å². The first kappa shape index (κ1) is 9.65. The minimum absolute atomic E-state index is 1.13. The highest BCUT2D eigenvalue weighted by Crippen LogP contribution is 2.29. The lowest BCUT2D eigenvalue weighted by atomic mass is 9.86. The van der Waals surface area contributed by atoms with Crippen LogP contribution in [0, 0.1) is 0 Å². The predicted octanol–water partition coefficient (Wildman–Crippen LogP) is 4.27. The van der Waals surface area contributed by atoms with Crippen LogP contribution in [-0.2, 0) is 12.8 Å². The van der Waals surface area contributed by atoms with Gasteiger partial charge in [-0.1, -0.05) is 47.5 Å². The lowest BCUT2D eigenvalue weighted by Crippen LogP contribution is -2.05. The number of rotatable bonds is 0. The first-order chi connectivity index (χ1) is 7.74. The average Bonchev–Trinajstić information content (AvgIpc) is 2.28. The first-order valence-corrected chi connectivity index (χ1v) is 5.90. The van der Waals surface area contributed by atoms with Crippen molar-refractivity contribution in [3.8, 4) is 0 Å². The van der Waals surface area contributed by atoms with Crippen molar-refractivity contribution in [3.05, 3.63) is 58.7 Å². The molecule has 16 heavy (non-hydrogen) atoms. The van der Waals surface area contributed by atoms with Crippen molar-refractivity contribution < 1.29 is 0 Å². The van der Waals surface area contributed by atoms with Crippen molar-refractivity contribution in [3.63, 3.8) is 0 Å². The molecule has 0 aromatic heterocycles. The van der Waals surface area contributed by atoms with Crippen LogP contribution in [0.1, 0.15) is 25.0 Å². The zero-order valence-electron chi connectivity index (χ0n) is 9.88. The maximum absolute atomic E-state index is 2.36. The molecule has 0 saturated carbocycles. The summed E-state index contributed by atoms with van der Waals surface area (Å²) in [6, 6.07) is 13.4. The molecule has 0 amide bonds. The largest absolute Gasteiger partial charge is 0.0697 e. The number of benzene rings is 2. The van der Waals surface area contributed by atoms with E-state index in [-0.39, 0.29) is 0 Å². The molecular formula is C16H16. The van der Waals surface area contributed by atoms with Crippen molar-refractivity contribution in [1.29, 1.82) is 0 Å². The first-order valence-electron chi connectivity index (χ1n) is 5.90. The van der Waals surface area contributed by atoms with E-state index in [0.717, 1.165) is 12.8 Å². The number of hydrogen-bond acceptors (Lipinski definition) is 0. The normalized spacial score (nSPS) is 15.4. The van der Waals surface area contributed by atoms with Crippen molar-refractivity contribution in [2.45, 2.75) is 26.7 Å². The summed E-state index contributed by atoms with van der Waals surface area (Å²) >= 11 is 0. The molecule has 0 aliphatic heterocycles. The summed E-state index contributed by atoms with van der Waals surface area (Å²) in [7, 11) is 0. The molecule has 0 saturated heterocycles. The highest BCUT2D eigenvalue weighted by atomic mass is 14.2. The van der Waals surface area contributed by atoms with Crippen LogP contribution in [0.15, 0.2) is 47.5 Å². The van der Waals surface area contributed by atoms with E-state index in [1.807, 2.05) is 0 Å². The molecule has 0 atom stereocenters. The molecule has 2 aromatic carbocycles. The Labute approximate surface area is 96.6 Å². The molecule has 0 fully saturated rings. The van der Waals surface area contributed by atoms with Gasteiger partial charge in [0.2, 0.25) is 0 Å². The molecular weight excluding hydrogens is 192 g/mol. The molecule has 0 radical (unpaired) electrons. The number of hydrogen-bond donors (Lipinski definition) is 0. The molecule has 1 aliphatic rings. The van der Waals surface area contributed by atoms with Crippen molar-refractivity contribution in [1.82, 2.24) is 0 Å². The highest BCUT2D eigenvalue weighted by molar-refractivity contribution is 5.84. The Hall–Kier alpha value is -1.56. The number of allylic oxidation sites excluding steroid dienone is 2. The van der Waals surface area contributed by atoms with Crippen molar-refractivity contribution >= 4 is 10.8 Å². The third-order valence-corrected chi connectivity index (χ3v) is 3.71. The Morgan fingerprint density at radius 3 is 1.62 bits per heavy atom. The zero-order valence-corrected chi connectivity index (χ0v) is 9.88. The van der Waals surface area contributed by atoms with E-state index in [9.17, 15) is 0 Å². The van der Waals surface area contributed by atoms with Crippen LogP contribution >= 0.6 is 0 Å². The summed E-state index contributed by atoms with van der Waals surface area (Å²) in [5, 5.41) is 2.74. The second kappa shape index (κ2) is 3.48. The SMILES string of the molecule is CC1=C(C)Cc2cc3ccccc3cc2C1. The zero-order chi connectivity index (χ0) is 11.1. The van der Waals surface area contributed by atoms with Gasteiger partial charge >= 0.3 is 0 Å². The van der Waals surface area contributed by atoms with Gasteiger partial charge in [-0.05, 0) is 48.6 Å². The quantitative estimate of drug-likeness (QED) is 0.567.